The lowest BCUT2D eigenvalue weighted by Gasteiger charge is -2.15. The van der Waals surface area contributed by atoms with Crippen molar-refractivity contribution in [3.8, 4) is 5.75 Å². The van der Waals surface area contributed by atoms with Gasteiger partial charge in [-0.05, 0) is 43.3 Å². The standard InChI is InChI=1S/C15H12Cl2FNO2/c1-9(21-12-4-2-3-10(16)7-12)15(20)19-14-6-5-11(17)8-13(14)18/h2-9H,1H3,(H,19,20)/t9-/m1/s1. The average Bonchev–Trinajstić information content (AvgIpc) is 2.41. The third kappa shape index (κ3) is 4.34. The average molecular weight is 328 g/mol. The minimum absolute atomic E-state index is 0.0472. The van der Waals surface area contributed by atoms with Crippen LogP contribution in [0.2, 0.25) is 10.0 Å². The Morgan fingerprint density at radius 3 is 2.57 bits per heavy atom. The fraction of sp³-hybridized carbons (Fsp3) is 0.133. The summed E-state index contributed by atoms with van der Waals surface area (Å²) in [5.74, 6) is -0.622. The highest BCUT2D eigenvalue weighted by atomic mass is 35.5. The lowest BCUT2D eigenvalue weighted by atomic mass is 10.2. The van der Waals surface area contributed by atoms with Crippen LogP contribution in [0.25, 0.3) is 0 Å². The van der Waals surface area contributed by atoms with E-state index in [1.165, 1.54) is 12.1 Å². The molecular weight excluding hydrogens is 316 g/mol. The van der Waals surface area contributed by atoms with E-state index < -0.39 is 17.8 Å². The first-order chi connectivity index (χ1) is 9.95. The maximum atomic E-state index is 13.6. The van der Waals surface area contributed by atoms with E-state index in [2.05, 4.69) is 5.32 Å². The summed E-state index contributed by atoms with van der Waals surface area (Å²) in [6.07, 6.45) is -0.807. The molecule has 3 nitrogen and oxygen atoms in total. The Balaban J connectivity index is 2.02. The van der Waals surface area contributed by atoms with Crippen molar-refractivity contribution in [3.63, 3.8) is 0 Å². The Bertz CT molecular complexity index is 664. The first-order valence-electron chi connectivity index (χ1n) is 6.14. The maximum Gasteiger partial charge on any atom is 0.265 e. The van der Waals surface area contributed by atoms with Gasteiger partial charge < -0.3 is 10.1 Å². The summed E-state index contributed by atoms with van der Waals surface area (Å²) in [6, 6.07) is 10.7. The number of carbonyl (C=O) groups is 1. The molecule has 2 aromatic rings. The van der Waals surface area contributed by atoms with Gasteiger partial charge in [-0.3, -0.25) is 4.79 Å². The van der Waals surface area contributed by atoms with Crippen molar-refractivity contribution < 1.29 is 13.9 Å². The lowest BCUT2D eigenvalue weighted by Crippen LogP contribution is -2.30. The number of hydrogen-bond acceptors (Lipinski definition) is 2. The number of anilines is 1. The number of halogens is 3. The van der Waals surface area contributed by atoms with Crippen molar-refractivity contribution in [3.05, 3.63) is 58.3 Å². The third-order valence-electron chi connectivity index (χ3n) is 2.67. The number of ether oxygens (including phenoxy) is 1. The fourth-order valence-corrected chi connectivity index (χ4v) is 1.96. The van der Waals surface area contributed by atoms with Gasteiger partial charge in [-0.1, -0.05) is 29.3 Å². The van der Waals surface area contributed by atoms with Crippen LogP contribution in [-0.2, 0) is 4.79 Å². The van der Waals surface area contributed by atoms with E-state index in [0.717, 1.165) is 6.07 Å². The van der Waals surface area contributed by atoms with E-state index >= 15 is 0 Å². The molecule has 0 saturated heterocycles. The Hall–Kier alpha value is -1.78. The topological polar surface area (TPSA) is 38.3 Å². The van der Waals surface area contributed by atoms with Crippen LogP contribution < -0.4 is 10.1 Å². The van der Waals surface area contributed by atoms with Gasteiger partial charge in [-0.2, -0.15) is 0 Å². The van der Waals surface area contributed by atoms with Gasteiger partial charge in [0, 0.05) is 10.0 Å². The highest BCUT2D eigenvalue weighted by Crippen LogP contribution is 2.21. The Morgan fingerprint density at radius 2 is 1.90 bits per heavy atom. The molecule has 0 aromatic heterocycles. The summed E-state index contributed by atoms with van der Waals surface area (Å²) in [5, 5.41) is 3.20. The van der Waals surface area contributed by atoms with Gasteiger partial charge in [0.05, 0.1) is 5.69 Å². The largest absolute Gasteiger partial charge is 0.481 e. The van der Waals surface area contributed by atoms with Gasteiger partial charge in [-0.25, -0.2) is 4.39 Å². The van der Waals surface area contributed by atoms with E-state index in [9.17, 15) is 9.18 Å². The Labute approximate surface area is 131 Å². The lowest BCUT2D eigenvalue weighted by molar-refractivity contribution is -0.122. The molecule has 1 atom stereocenters. The van der Waals surface area contributed by atoms with E-state index in [0.29, 0.717) is 10.8 Å². The molecule has 2 aromatic carbocycles. The first-order valence-corrected chi connectivity index (χ1v) is 6.89. The molecule has 0 aliphatic carbocycles. The van der Waals surface area contributed by atoms with Crippen LogP contribution in [0.3, 0.4) is 0 Å². The second-order valence-electron chi connectivity index (χ2n) is 4.33. The van der Waals surface area contributed by atoms with E-state index in [-0.39, 0.29) is 10.7 Å². The summed E-state index contributed by atoms with van der Waals surface area (Å²) in [7, 11) is 0. The number of carbonyl (C=O) groups excluding carboxylic acids is 1. The number of benzene rings is 2. The predicted molar refractivity (Wildman–Crippen MR) is 81.6 cm³/mol. The third-order valence-corrected chi connectivity index (χ3v) is 3.14. The second-order valence-corrected chi connectivity index (χ2v) is 5.20. The molecule has 0 unspecified atom stereocenters. The Kier molecular flexibility index (Phi) is 5.04. The van der Waals surface area contributed by atoms with Crippen LogP contribution in [0.15, 0.2) is 42.5 Å². The molecule has 0 fully saturated rings. The molecule has 0 heterocycles. The van der Waals surface area contributed by atoms with Gasteiger partial charge in [0.2, 0.25) is 0 Å². The predicted octanol–water partition coefficient (Wildman–Crippen LogP) is 4.54. The Morgan fingerprint density at radius 1 is 1.19 bits per heavy atom. The van der Waals surface area contributed by atoms with E-state index in [4.69, 9.17) is 27.9 Å². The summed E-state index contributed by atoms with van der Waals surface area (Å²) < 4.78 is 19.0. The normalized spacial score (nSPS) is 11.8. The van der Waals surface area contributed by atoms with Gasteiger partial charge in [0.25, 0.3) is 5.91 Å². The number of amides is 1. The summed E-state index contributed by atoms with van der Waals surface area (Å²) >= 11 is 11.5. The maximum absolute atomic E-state index is 13.6. The molecule has 0 aliphatic rings. The van der Waals surface area contributed by atoms with Crippen LogP contribution in [0.1, 0.15) is 6.92 Å². The highest BCUT2D eigenvalue weighted by molar-refractivity contribution is 6.31. The van der Waals surface area contributed by atoms with Crippen molar-refractivity contribution in [1.29, 1.82) is 0 Å². The molecule has 2 rings (SSSR count). The second kappa shape index (κ2) is 6.78. The fourth-order valence-electron chi connectivity index (χ4n) is 1.62. The molecule has 0 bridgehead atoms. The molecule has 0 radical (unpaired) electrons. The summed E-state index contributed by atoms with van der Waals surface area (Å²) in [6.45, 7) is 1.56. The van der Waals surface area contributed by atoms with Crippen LogP contribution in [0.4, 0.5) is 10.1 Å². The van der Waals surface area contributed by atoms with Crippen molar-refractivity contribution in [1.82, 2.24) is 0 Å². The van der Waals surface area contributed by atoms with E-state index in [1.54, 1.807) is 31.2 Å². The monoisotopic (exact) mass is 327 g/mol. The van der Waals surface area contributed by atoms with Gasteiger partial charge in [0.15, 0.2) is 6.10 Å². The van der Waals surface area contributed by atoms with Crippen LogP contribution in [0, 0.1) is 5.82 Å². The molecule has 1 amide bonds. The van der Waals surface area contributed by atoms with Gasteiger partial charge in [-0.15, -0.1) is 0 Å². The van der Waals surface area contributed by atoms with Crippen molar-refractivity contribution >= 4 is 34.8 Å². The van der Waals surface area contributed by atoms with Crippen LogP contribution in [-0.4, -0.2) is 12.0 Å². The molecule has 0 spiro atoms. The quantitative estimate of drug-likeness (QED) is 0.895. The minimum Gasteiger partial charge on any atom is -0.481 e. The zero-order chi connectivity index (χ0) is 15.4. The van der Waals surface area contributed by atoms with Crippen molar-refractivity contribution in [2.24, 2.45) is 0 Å². The van der Waals surface area contributed by atoms with Crippen LogP contribution in [0.5, 0.6) is 5.75 Å². The number of nitrogens with one attached hydrogen (secondary N) is 1. The highest BCUT2D eigenvalue weighted by Gasteiger charge is 2.16. The van der Waals surface area contributed by atoms with Crippen LogP contribution >= 0.6 is 23.2 Å². The smallest absolute Gasteiger partial charge is 0.265 e. The molecule has 21 heavy (non-hydrogen) atoms. The molecule has 6 heteroatoms. The summed E-state index contributed by atoms with van der Waals surface area (Å²) in [4.78, 5) is 12.0. The van der Waals surface area contributed by atoms with Crippen molar-refractivity contribution in [2.45, 2.75) is 13.0 Å². The summed E-state index contributed by atoms with van der Waals surface area (Å²) in [5.41, 5.74) is 0.0472. The van der Waals surface area contributed by atoms with E-state index in [1.807, 2.05) is 0 Å². The molecule has 0 saturated carbocycles. The minimum atomic E-state index is -0.807. The molecular formula is C15H12Cl2FNO2. The number of rotatable bonds is 4. The zero-order valence-corrected chi connectivity index (χ0v) is 12.6. The van der Waals surface area contributed by atoms with Crippen molar-refractivity contribution in [2.75, 3.05) is 5.32 Å². The number of hydrogen-bond donors (Lipinski definition) is 1. The van der Waals surface area contributed by atoms with Gasteiger partial charge in [0.1, 0.15) is 11.6 Å². The zero-order valence-electron chi connectivity index (χ0n) is 11.1. The SMILES string of the molecule is C[C@@H](Oc1cccc(Cl)c1)C(=O)Nc1ccc(Cl)cc1F. The molecule has 1 N–H and O–H groups in total. The molecule has 0 aliphatic heterocycles. The van der Waals surface area contributed by atoms with Gasteiger partial charge >= 0.3 is 0 Å². The molecule has 110 valence electrons. The first kappa shape index (κ1) is 15.6.